The molecule has 2 aromatic heterocycles. The van der Waals surface area contributed by atoms with Crippen LogP contribution in [0.25, 0.3) is 11.0 Å². The van der Waals surface area contributed by atoms with Gasteiger partial charge in [0.1, 0.15) is 17.0 Å². The van der Waals surface area contributed by atoms with Gasteiger partial charge in [0.15, 0.2) is 11.6 Å². The average Bonchev–Trinajstić information content (AvgIpc) is 3.00. The van der Waals surface area contributed by atoms with Crippen molar-refractivity contribution in [3.63, 3.8) is 0 Å². The summed E-state index contributed by atoms with van der Waals surface area (Å²) in [4.78, 5) is 22.6. The zero-order chi connectivity index (χ0) is 30.7. The number of sulfonamides is 1. The first-order chi connectivity index (χ1) is 20.6. The lowest BCUT2D eigenvalue weighted by atomic mass is 10.1. The van der Waals surface area contributed by atoms with E-state index in [0.29, 0.717) is 45.7 Å². The summed E-state index contributed by atoms with van der Waals surface area (Å²) >= 11 is 0. The summed E-state index contributed by atoms with van der Waals surface area (Å²) in [5.74, 6) is 1.67. The lowest BCUT2D eigenvalue weighted by Gasteiger charge is -2.35. The molecular weight excluding hydrogens is 570 g/mol. The highest BCUT2D eigenvalue weighted by molar-refractivity contribution is 7.92. The SMILES string of the molecule is CCc1cc(Nc2ncc(OC)c(Nc3ccc4nccnc4c3N(C)S(C)(=O)=O)n2)c(OC)cc1N1CCN(C)CC1. The van der Waals surface area contributed by atoms with Gasteiger partial charge in [-0.2, -0.15) is 4.98 Å². The maximum atomic E-state index is 12.6. The maximum Gasteiger partial charge on any atom is 0.232 e. The number of anilines is 6. The number of hydrogen-bond donors (Lipinski definition) is 2. The quantitative estimate of drug-likeness (QED) is 0.272. The number of aryl methyl sites for hydroxylation is 1. The van der Waals surface area contributed by atoms with Crippen LogP contribution in [0.4, 0.5) is 34.5 Å². The Kier molecular flexibility index (Phi) is 8.69. The van der Waals surface area contributed by atoms with Crippen molar-refractivity contribution in [2.24, 2.45) is 0 Å². The third kappa shape index (κ3) is 6.34. The van der Waals surface area contributed by atoms with Crippen molar-refractivity contribution in [3.8, 4) is 11.5 Å². The van der Waals surface area contributed by atoms with E-state index in [4.69, 9.17) is 14.5 Å². The van der Waals surface area contributed by atoms with E-state index >= 15 is 0 Å². The Morgan fingerprint density at radius 1 is 0.953 bits per heavy atom. The zero-order valence-electron chi connectivity index (χ0n) is 25.2. The minimum Gasteiger partial charge on any atom is -0.494 e. The van der Waals surface area contributed by atoms with Crippen LogP contribution in [0.5, 0.6) is 11.5 Å². The second-order valence-corrected chi connectivity index (χ2v) is 12.3. The third-order valence-corrected chi connectivity index (χ3v) is 8.70. The molecule has 5 rings (SSSR count). The smallest absolute Gasteiger partial charge is 0.232 e. The Balaban J connectivity index is 1.51. The highest BCUT2D eigenvalue weighted by Crippen LogP contribution is 2.39. The van der Waals surface area contributed by atoms with Crippen molar-refractivity contribution in [3.05, 3.63) is 48.4 Å². The molecule has 0 spiro atoms. The summed E-state index contributed by atoms with van der Waals surface area (Å²) in [5.41, 5.74) is 4.83. The number of piperazine rings is 1. The number of benzene rings is 2. The van der Waals surface area contributed by atoms with Gasteiger partial charge in [-0.1, -0.05) is 6.92 Å². The fourth-order valence-corrected chi connectivity index (χ4v) is 5.55. The van der Waals surface area contributed by atoms with E-state index in [0.717, 1.165) is 54.5 Å². The molecule has 14 heteroatoms. The number of methoxy groups -OCH3 is 2. The first-order valence-corrected chi connectivity index (χ1v) is 15.7. The number of nitrogens with one attached hydrogen (secondary N) is 2. The largest absolute Gasteiger partial charge is 0.494 e. The minimum atomic E-state index is -3.63. The normalized spacial score (nSPS) is 14.0. The van der Waals surface area contributed by atoms with Gasteiger partial charge in [-0.15, -0.1) is 0 Å². The number of hydrogen-bond acceptors (Lipinski definition) is 12. The lowest BCUT2D eigenvalue weighted by Crippen LogP contribution is -2.44. The molecule has 0 radical (unpaired) electrons. The van der Waals surface area contributed by atoms with E-state index < -0.39 is 10.0 Å². The first kappa shape index (κ1) is 30.0. The van der Waals surface area contributed by atoms with Crippen LogP contribution in [-0.2, 0) is 16.4 Å². The molecule has 1 fully saturated rings. The molecule has 2 N–H and O–H groups in total. The van der Waals surface area contributed by atoms with E-state index in [9.17, 15) is 8.42 Å². The molecule has 0 amide bonds. The molecule has 13 nitrogen and oxygen atoms in total. The van der Waals surface area contributed by atoms with Crippen LogP contribution in [0.1, 0.15) is 12.5 Å². The topological polar surface area (TPSA) is 138 Å². The summed E-state index contributed by atoms with van der Waals surface area (Å²) < 4.78 is 37.7. The molecule has 0 bridgehead atoms. The third-order valence-electron chi connectivity index (χ3n) is 7.53. The summed E-state index contributed by atoms with van der Waals surface area (Å²) in [5, 5.41) is 6.54. The van der Waals surface area contributed by atoms with E-state index in [1.54, 1.807) is 31.6 Å². The number of rotatable bonds is 10. The summed E-state index contributed by atoms with van der Waals surface area (Å²) in [6, 6.07) is 7.64. The molecule has 1 aliphatic rings. The number of aromatic nitrogens is 4. The maximum absolute atomic E-state index is 12.6. The van der Waals surface area contributed by atoms with Crippen molar-refractivity contribution in [2.75, 3.05) is 80.6 Å². The van der Waals surface area contributed by atoms with Gasteiger partial charge < -0.3 is 29.9 Å². The van der Waals surface area contributed by atoms with Crippen molar-refractivity contribution < 1.29 is 17.9 Å². The molecule has 0 saturated carbocycles. The molecule has 1 saturated heterocycles. The van der Waals surface area contributed by atoms with Gasteiger partial charge in [-0.3, -0.25) is 14.3 Å². The average molecular weight is 608 g/mol. The number of likely N-dealkylation sites (N-methyl/N-ethyl adjacent to an activating group) is 1. The van der Waals surface area contributed by atoms with Crippen molar-refractivity contribution >= 4 is 55.6 Å². The van der Waals surface area contributed by atoms with Gasteiger partial charge >= 0.3 is 0 Å². The van der Waals surface area contributed by atoms with Gasteiger partial charge in [0.2, 0.25) is 16.0 Å². The van der Waals surface area contributed by atoms with Crippen molar-refractivity contribution in [1.29, 1.82) is 0 Å². The fourth-order valence-electron chi connectivity index (χ4n) is 5.03. The Morgan fingerprint density at radius 3 is 2.35 bits per heavy atom. The molecule has 1 aliphatic heterocycles. The monoisotopic (exact) mass is 607 g/mol. The predicted octanol–water partition coefficient (Wildman–Crippen LogP) is 3.63. The Hall–Kier alpha value is -4.43. The fraction of sp³-hybridized carbons (Fsp3) is 0.379. The van der Waals surface area contributed by atoms with Crippen LogP contribution in [-0.4, -0.2) is 94.0 Å². The number of ether oxygens (including phenoxy) is 2. The molecule has 0 atom stereocenters. The van der Waals surface area contributed by atoms with Gasteiger partial charge in [0.25, 0.3) is 0 Å². The van der Waals surface area contributed by atoms with Crippen LogP contribution in [0, 0.1) is 0 Å². The number of fused-ring (bicyclic) bond motifs is 1. The Bertz CT molecular complexity index is 1730. The van der Waals surface area contributed by atoms with Crippen molar-refractivity contribution in [2.45, 2.75) is 13.3 Å². The van der Waals surface area contributed by atoms with Gasteiger partial charge in [-0.05, 0) is 37.2 Å². The molecule has 0 aliphatic carbocycles. The summed E-state index contributed by atoms with van der Waals surface area (Å²) in [7, 11) is 3.14. The molecule has 3 heterocycles. The van der Waals surface area contributed by atoms with E-state index in [1.165, 1.54) is 25.9 Å². The zero-order valence-corrected chi connectivity index (χ0v) is 26.1. The predicted molar refractivity (Wildman–Crippen MR) is 170 cm³/mol. The van der Waals surface area contributed by atoms with E-state index in [1.807, 2.05) is 0 Å². The molecule has 228 valence electrons. The van der Waals surface area contributed by atoms with Gasteiger partial charge in [0, 0.05) is 57.4 Å². The van der Waals surface area contributed by atoms with Crippen LogP contribution in [0.15, 0.2) is 42.9 Å². The highest BCUT2D eigenvalue weighted by Gasteiger charge is 2.23. The van der Waals surface area contributed by atoms with E-state index in [-0.39, 0.29) is 0 Å². The van der Waals surface area contributed by atoms with Crippen LogP contribution >= 0.6 is 0 Å². The standard InChI is InChI=1S/C29H37N9O4S/c1-7-19-16-22(24(41-4)17-23(19)38-14-12-36(2)13-15-38)34-29-32-18-25(42-5)28(35-29)33-21-9-8-20-26(31-11-10-30-20)27(21)37(3)43(6,39)40/h8-11,16-18H,7,12-15H2,1-6H3,(H2,32,33,34,35). The van der Waals surface area contributed by atoms with Gasteiger partial charge in [0.05, 0.1) is 43.6 Å². The number of nitrogens with zero attached hydrogens (tertiary/aromatic N) is 7. The summed E-state index contributed by atoms with van der Waals surface area (Å²) in [6.07, 6.45) is 6.60. The molecular formula is C29H37N9O4S. The lowest BCUT2D eigenvalue weighted by molar-refractivity contribution is 0.312. The minimum absolute atomic E-state index is 0.301. The Labute approximate surface area is 251 Å². The van der Waals surface area contributed by atoms with Gasteiger partial charge in [-0.25, -0.2) is 13.4 Å². The van der Waals surface area contributed by atoms with Crippen molar-refractivity contribution in [1.82, 2.24) is 24.8 Å². The second kappa shape index (κ2) is 12.4. The summed E-state index contributed by atoms with van der Waals surface area (Å²) in [6.45, 7) is 6.05. The molecule has 2 aromatic carbocycles. The first-order valence-electron chi connectivity index (χ1n) is 13.9. The van der Waals surface area contributed by atoms with E-state index in [2.05, 4.69) is 61.5 Å². The molecule has 4 aromatic rings. The highest BCUT2D eigenvalue weighted by atomic mass is 32.2. The second-order valence-electron chi connectivity index (χ2n) is 10.3. The molecule has 43 heavy (non-hydrogen) atoms. The van der Waals surface area contributed by atoms with Crippen LogP contribution in [0.3, 0.4) is 0 Å². The van der Waals surface area contributed by atoms with Crippen LogP contribution < -0.4 is 29.3 Å². The van der Waals surface area contributed by atoms with Crippen LogP contribution in [0.2, 0.25) is 0 Å². The molecule has 0 unspecified atom stereocenters. The Morgan fingerprint density at radius 2 is 1.67 bits per heavy atom.